The van der Waals surface area contributed by atoms with Crippen LogP contribution in [0.5, 0.6) is 0 Å². The Hall–Kier alpha value is -1.51. The molecule has 0 aromatic heterocycles. The van der Waals surface area contributed by atoms with Crippen LogP contribution in [0, 0.1) is 11.3 Å². The quantitative estimate of drug-likeness (QED) is 0.835. The molecule has 1 fully saturated rings. The fourth-order valence-electron chi connectivity index (χ4n) is 2.65. The van der Waals surface area contributed by atoms with Crippen molar-refractivity contribution in [3.63, 3.8) is 0 Å². The first kappa shape index (κ1) is 12.5. The molecule has 1 aromatic carbocycles. The molecule has 19 heavy (non-hydrogen) atoms. The normalized spacial score (nSPS) is 25.7. The third-order valence-corrected chi connectivity index (χ3v) is 4.86. The second-order valence-electron chi connectivity index (χ2n) is 4.78. The number of benzene rings is 1. The van der Waals surface area contributed by atoms with Crippen molar-refractivity contribution in [1.29, 1.82) is 5.26 Å². The number of hydrogen-bond acceptors (Lipinski definition) is 4. The Labute approximate surface area is 116 Å². The van der Waals surface area contributed by atoms with E-state index in [0.717, 1.165) is 17.9 Å². The average Bonchev–Trinajstić information content (AvgIpc) is 2.90. The van der Waals surface area contributed by atoms with Crippen LogP contribution >= 0.6 is 11.8 Å². The number of rotatable bonds is 1. The second kappa shape index (κ2) is 5.24. The molecule has 0 saturated carbocycles. The van der Waals surface area contributed by atoms with Gasteiger partial charge < -0.3 is 10.2 Å². The minimum atomic E-state index is -0.334. The van der Waals surface area contributed by atoms with Crippen molar-refractivity contribution in [1.82, 2.24) is 10.2 Å². The van der Waals surface area contributed by atoms with Crippen LogP contribution in [-0.2, 0) is 4.79 Å². The van der Waals surface area contributed by atoms with E-state index in [1.165, 1.54) is 4.90 Å². The molecular weight excluding hydrogens is 258 g/mol. The molecule has 1 N–H and O–H groups in total. The molecule has 2 aliphatic rings. The van der Waals surface area contributed by atoms with E-state index in [1.807, 2.05) is 18.2 Å². The second-order valence-corrected chi connectivity index (χ2v) is 5.84. The Morgan fingerprint density at radius 3 is 3.16 bits per heavy atom. The predicted molar refractivity (Wildman–Crippen MR) is 73.9 cm³/mol. The van der Waals surface area contributed by atoms with E-state index in [-0.39, 0.29) is 17.9 Å². The van der Waals surface area contributed by atoms with E-state index in [2.05, 4.69) is 17.5 Å². The summed E-state index contributed by atoms with van der Waals surface area (Å²) in [4.78, 5) is 15.6. The van der Waals surface area contributed by atoms with Gasteiger partial charge in [-0.3, -0.25) is 4.79 Å². The smallest absolute Gasteiger partial charge is 0.232 e. The summed E-state index contributed by atoms with van der Waals surface area (Å²) in [5, 5.41) is 12.3. The maximum Gasteiger partial charge on any atom is 0.232 e. The average molecular weight is 273 g/mol. The first-order valence-corrected chi connectivity index (χ1v) is 7.42. The lowest BCUT2D eigenvalue weighted by atomic mass is 9.98. The minimum absolute atomic E-state index is 0.0878. The van der Waals surface area contributed by atoms with Crippen molar-refractivity contribution in [2.24, 2.45) is 0 Å². The van der Waals surface area contributed by atoms with Gasteiger partial charge in [0.15, 0.2) is 0 Å². The molecule has 0 radical (unpaired) electrons. The number of nitrogens with one attached hydrogen (secondary N) is 1. The first-order valence-electron chi connectivity index (χ1n) is 6.44. The van der Waals surface area contributed by atoms with Gasteiger partial charge >= 0.3 is 0 Å². The molecule has 3 rings (SSSR count). The number of fused-ring (bicyclic) bond motifs is 1. The number of nitrogens with zero attached hydrogens (tertiary/aromatic N) is 2. The summed E-state index contributed by atoms with van der Waals surface area (Å²) in [5.74, 6) is 0.806. The Balaban J connectivity index is 1.83. The highest BCUT2D eigenvalue weighted by Crippen LogP contribution is 2.40. The van der Waals surface area contributed by atoms with Crippen molar-refractivity contribution in [3.05, 3.63) is 29.8 Å². The molecule has 2 heterocycles. The van der Waals surface area contributed by atoms with Crippen molar-refractivity contribution in [2.75, 3.05) is 25.4 Å². The number of piperazine rings is 1. The van der Waals surface area contributed by atoms with Gasteiger partial charge in [-0.2, -0.15) is 5.26 Å². The number of amides is 1. The summed E-state index contributed by atoms with van der Waals surface area (Å²) in [6.45, 7) is 1.97. The topological polar surface area (TPSA) is 56.1 Å². The van der Waals surface area contributed by atoms with Crippen LogP contribution in [0.4, 0.5) is 0 Å². The zero-order chi connectivity index (χ0) is 13.2. The molecule has 4 nitrogen and oxygen atoms in total. The van der Waals surface area contributed by atoms with Gasteiger partial charge in [0.1, 0.15) is 6.04 Å². The van der Waals surface area contributed by atoms with Crippen LogP contribution in [0.1, 0.15) is 11.5 Å². The minimum Gasteiger partial charge on any atom is -0.324 e. The largest absolute Gasteiger partial charge is 0.324 e. The number of carbonyl (C=O) groups excluding carboxylic acids is 1. The molecule has 1 aromatic rings. The molecule has 0 bridgehead atoms. The highest BCUT2D eigenvalue weighted by atomic mass is 32.2. The summed E-state index contributed by atoms with van der Waals surface area (Å²) >= 11 is 1.73. The van der Waals surface area contributed by atoms with E-state index < -0.39 is 0 Å². The van der Waals surface area contributed by atoms with E-state index in [0.29, 0.717) is 13.1 Å². The molecule has 5 heteroatoms. The van der Waals surface area contributed by atoms with Crippen LogP contribution in [0.2, 0.25) is 0 Å². The van der Waals surface area contributed by atoms with Gasteiger partial charge in [-0.05, 0) is 11.6 Å². The van der Waals surface area contributed by atoms with Gasteiger partial charge in [-0.1, -0.05) is 18.2 Å². The van der Waals surface area contributed by atoms with Crippen LogP contribution in [-0.4, -0.2) is 42.2 Å². The summed E-state index contributed by atoms with van der Waals surface area (Å²) in [7, 11) is 0. The molecule has 2 aliphatic heterocycles. The third kappa shape index (κ3) is 2.22. The Bertz CT molecular complexity index is 540. The predicted octanol–water partition coefficient (Wildman–Crippen LogP) is 1.20. The Morgan fingerprint density at radius 2 is 2.32 bits per heavy atom. The monoisotopic (exact) mass is 273 g/mol. The molecule has 0 aliphatic carbocycles. The summed E-state index contributed by atoms with van der Waals surface area (Å²) in [6.07, 6.45) is 0. The maximum absolute atomic E-state index is 12.7. The number of carbonyl (C=O) groups is 1. The lowest BCUT2D eigenvalue weighted by Crippen LogP contribution is -2.54. The van der Waals surface area contributed by atoms with E-state index in [9.17, 15) is 4.79 Å². The Kier molecular flexibility index (Phi) is 3.45. The van der Waals surface area contributed by atoms with Gasteiger partial charge in [0.05, 0.1) is 12.0 Å². The molecule has 0 spiro atoms. The summed E-state index contributed by atoms with van der Waals surface area (Å²) < 4.78 is 0. The number of hydrogen-bond donors (Lipinski definition) is 1. The van der Waals surface area contributed by atoms with Gasteiger partial charge in [-0.15, -0.1) is 11.8 Å². The van der Waals surface area contributed by atoms with E-state index in [1.54, 1.807) is 16.7 Å². The van der Waals surface area contributed by atoms with Gasteiger partial charge in [0.25, 0.3) is 0 Å². The lowest BCUT2D eigenvalue weighted by molar-refractivity contribution is -0.134. The number of thioether (sulfide) groups is 1. The first-order chi connectivity index (χ1) is 9.31. The fraction of sp³-hybridized carbons (Fsp3) is 0.429. The third-order valence-electron chi connectivity index (χ3n) is 3.67. The highest BCUT2D eigenvalue weighted by molar-refractivity contribution is 7.99. The van der Waals surface area contributed by atoms with Crippen LogP contribution < -0.4 is 5.32 Å². The van der Waals surface area contributed by atoms with Crippen molar-refractivity contribution in [3.8, 4) is 6.07 Å². The summed E-state index contributed by atoms with van der Waals surface area (Å²) in [6, 6.07) is 9.95. The SMILES string of the molecule is N#CC1CNCCN1C(=O)C1CSc2ccccc21. The van der Waals surface area contributed by atoms with Gasteiger partial charge in [0, 0.05) is 30.3 Å². The molecule has 2 atom stereocenters. The van der Waals surface area contributed by atoms with Crippen molar-refractivity contribution < 1.29 is 4.79 Å². The molecule has 2 unspecified atom stereocenters. The molecule has 1 saturated heterocycles. The molecule has 98 valence electrons. The molecular formula is C14H15N3OS. The van der Waals surface area contributed by atoms with Crippen LogP contribution in [0.3, 0.4) is 0 Å². The zero-order valence-electron chi connectivity index (χ0n) is 10.5. The summed E-state index contributed by atoms with van der Waals surface area (Å²) in [5.41, 5.74) is 1.12. The van der Waals surface area contributed by atoms with Crippen molar-refractivity contribution in [2.45, 2.75) is 16.9 Å². The van der Waals surface area contributed by atoms with Gasteiger partial charge in [-0.25, -0.2) is 0 Å². The van der Waals surface area contributed by atoms with Crippen LogP contribution in [0.25, 0.3) is 0 Å². The zero-order valence-corrected chi connectivity index (χ0v) is 11.3. The lowest BCUT2D eigenvalue weighted by Gasteiger charge is -2.33. The van der Waals surface area contributed by atoms with Crippen molar-refractivity contribution >= 4 is 17.7 Å². The van der Waals surface area contributed by atoms with E-state index in [4.69, 9.17) is 5.26 Å². The maximum atomic E-state index is 12.7. The van der Waals surface area contributed by atoms with Crippen LogP contribution in [0.15, 0.2) is 29.2 Å². The highest BCUT2D eigenvalue weighted by Gasteiger charge is 2.35. The Morgan fingerprint density at radius 1 is 1.47 bits per heavy atom. The molecule has 1 amide bonds. The standard InChI is InChI=1S/C14H15N3OS/c15-7-10-8-16-5-6-17(10)14(18)12-9-19-13-4-2-1-3-11(12)13/h1-4,10,12,16H,5-6,8-9H2. The number of nitriles is 1. The van der Waals surface area contributed by atoms with E-state index >= 15 is 0 Å². The fourth-order valence-corrected chi connectivity index (χ4v) is 3.87. The van der Waals surface area contributed by atoms with Gasteiger partial charge in [0.2, 0.25) is 5.91 Å².